The van der Waals surface area contributed by atoms with Gasteiger partial charge in [0.15, 0.2) is 5.96 Å². The van der Waals surface area contributed by atoms with Crippen molar-refractivity contribution in [3.8, 4) is 0 Å². The predicted octanol–water partition coefficient (Wildman–Crippen LogP) is 2.76. The molecule has 3 unspecified atom stereocenters. The highest BCUT2D eigenvalue weighted by Gasteiger charge is 2.65. The number of ether oxygens (including phenoxy) is 1. The molecule has 0 bridgehead atoms. The van der Waals surface area contributed by atoms with Crippen LogP contribution in [0.4, 0.5) is 0 Å². The summed E-state index contributed by atoms with van der Waals surface area (Å²) in [5.41, 5.74) is 0.377. The van der Waals surface area contributed by atoms with Crippen LogP contribution in [0, 0.1) is 11.3 Å². The van der Waals surface area contributed by atoms with Crippen LogP contribution >= 0.6 is 11.3 Å². The van der Waals surface area contributed by atoms with Gasteiger partial charge in [-0.2, -0.15) is 0 Å². The van der Waals surface area contributed by atoms with Crippen molar-refractivity contribution < 1.29 is 4.74 Å². The van der Waals surface area contributed by atoms with Crippen LogP contribution in [-0.2, 0) is 11.3 Å². The molecule has 22 heavy (non-hydrogen) atoms. The molecule has 0 radical (unpaired) electrons. The number of guanidine groups is 1. The summed E-state index contributed by atoms with van der Waals surface area (Å²) < 4.78 is 6.06. The Morgan fingerprint density at radius 2 is 2.32 bits per heavy atom. The fourth-order valence-electron chi connectivity index (χ4n) is 4.83. The smallest absolute Gasteiger partial charge is 0.191 e. The molecular formula is C17H25N3OS. The zero-order valence-electron chi connectivity index (χ0n) is 13.2. The van der Waals surface area contributed by atoms with Crippen LogP contribution in [0.25, 0.3) is 0 Å². The van der Waals surface area contributed by atoms with Gasteiger partial charge in [0.1, 0.15) is 0 Å². The number of aliphatic imine (C=N–C) groups is 1. The molecule has 3 aliphatic rings. The zero-order chi connectivity index (χ0) is 15.0. The van der Waals surface area contributed by atoms with Gasteiger partial charge in [0.25, 0.3) is 0 Å². The Morgan fingerprint density at radius 3 is 3.05 bits per heavy atom. The Bertz CT molecular complexity index is 536. The summed E-state index contributed by atoms with van der Waals surface area (Å²) in [7, 11) is 1.87. The number of nitrogens with zero attached hydrogens (tertiary/aromatic N) is 1. The van der Waals surface area contributed by atoms with E-state index in [0.29, 0.717) is 23.5 Å². The van der Waals surface area contributed by atoms with Crippen molar-refractivity contribution >= 4 is 17.3 Å². The van der Waals surface area contributed by atoms with Crippen LogP contribution in [0.5, 0.6) is 0 Å². The molecule has 3 atom stereocenters. The Kier molecular flexibility index (Phi) is 3.86. The van der Waals surface area contributed by atoms with Crippen molar-refractivity contribution in [2.75, 3.05) is 13.7 Å². The van der Waals surface area contributed by atoms with Crippen molar-refractivity contribution in [2.24, 2.45) is 16.3 Å². The minimum absolute atomic E-state index is 0.377. The van der Waals surface area contributed by atoms with E-state index in [0.717, 1.165) is 19.1 Å². The Hall–Kier alpha value is -1.07. The Labute approximate surface area is 136 Å². The predicted molar refractivity (Wildman–Crippen MR) is 90.2 cm³/mol. The van der Waals surface area contributed by atoms with Crippen LogP contribution in [0.1, 0.15) is 37.0 Å². The minimum atomic E-state index is 0.377. The summed E-state index contributed by atoms with van der Waals surface area (Å²) >= 11 is 1.78. The van der Waals surface area contributed by atoms with Gasteiger partial charge >= 0.3 is 0 Å². The van der Waals surface area contributed by atoms with E-state index in [1.54, 1.807) is 11.3 Å². The summed E-state index contributed by atoms with van der Waals surface area (Å²) in [5, 5.41) is 9.32. The molecule has 1 aliphatic heterocycles. The fraction of sp³-hybridized carbons (Fsp3) is 0.706. The van der Waals surface area contributed by atoms with E-state index in [-0.39, 0.29) is 0 Å². The highest BCUT2D eigenvalue weighted by atomic mass is 32.1. The number of nitrogens with one attached hydrogen (secondary N) is 2. The molecule has 2 aliphatic carbocycles. The first-order chi connectivity index (χ1) is 10.8. The molecule has 2 saturated carbocycles. The van der Waals surface area contributed by atoms with Gasteiger partial charge in [-0.25, -0.2) is 0 Å². The van der Waals surface area contributed by atoms with E-state index in [4.69, 9.17) is 4.74 Å². The van der Waals surface area contributed by atoms with Crippen LogP contribution < -0.4 is 10.6 Å². The van der Waals surface area contributed by atoms with Gasteiger partial charge in [0.05, 0.1) is 12.6 Å². The molecule has 1 saturated heterocycles. The molecule has 5 heteroatoms. The summed E-state index contributed by atoms with van der Waals surface area (Å²) in [6, 6.07) is 4.79. The van der Waals surface area contributed by atoms with Gasteiger partial charge in [-0.1, -0.05) is 18.9 Å². The number of thiophene rings is 1. The summed E-state index contributed by atoms with van der Waals surface area (Å²) in [4.78, 5) is 5.78. The quantitative estimate of drug-likeness (QED) is 0.665. The second kappa shape index (κ2) is 5.85. The summed E-state index contributed by atoms with van der Waals surface area (Å²) in [5.74, 6) is 1.62. The van der Waals surface area contributed by atoms with Gasteiger partial charge in [-0.05, 0) is 30.7 Å². The average molecular weight is 319 g/mol. The molecule has 3 fully saturated rings. The van der Waals surface area contributed by atoms with Crippen LogP contribution in [0.3, 0.4) is 0 Å². The molecule has 4 rings (SSSR count). The number of hydrogen-bond donors (Lipinski definition) is 2. The van der Waals surface area contributed by atoms with E-state index >= 15 is 0 Å². The molecular weight excluding hydrogens is 294 g/mol. The van der Waals surface area contributed by atoms with Crippen molar-refractivity contribution in [2.45, 2.75) is 50.8 Å². The van der Waals surface area contributed by atoms with Gasteiger partial charge < -0.3 is 15.4 Å². The lowest BCUT2D eigenvalue weighted by molar-refractivity contribution is -0.125. The molecule has 1 aromatic rings. The number of hydrogen-bond acceptors (Lipinski definition) is 3. The highest BCUT2D eigenvalue weighted by molar-refractivity contribution is 7.09. The molecule has 1 aromatic heterocycles. The normalized spacial score (nSPS) is 32.8. The lowest BCUT2D eigenvalue weighted by Gasteiger charge is -2.57. The first-order valence-corrected chi connectivity index (χ1v) is 9.33. The molecule has 0 aromatic carbocycles. The summed E-state index contributed by atoms with van der Waals surface area (Å²) in [6.07, 6.45) is 7.04. The monoisotopic (exact) mass is 319 g/mol. The van der Waals surface area contributed by atoms with Crippen LogP contribution in [0.2, 0.25) is 0 Å². The van der Waals surface area contributed by atoms with Gasteiger partial charge in [-0.15, -0.1) is 11.3 Å². The second-order valence-electron chi connectivity index (χ2n) is 6.81. The third-order valence-corrected chi connectivity index (χ3v) is 6.69. The molecule has 4 nitrogen and oxygen atoms in total. The molecule has 2 heterocycles. The van der Waals surface area contributed by atoms with Gasteiger partial charge in [0, 0.05) is 35.9 Å². The van der Waals surface area contributed by atoms with E-state index in [9.17, 15) is 0 Å². The number of fused-ring (bicyclic) bond motifs is 2. The molecule has 120 valence electrons. The average Bonchev–Trinajstić information content (AvgIpc) is 3.27. The first kappa shape index (κ1) is 14.5. The SMILES string of the molecule is CN=C(NCc1cccs1)NC1C2CCOC2C12CCCC2. The highest BCUT2D eigenvalue weighted by Crippen LogP contribution is 2.60. The van der Waals surface area contributed by atoms with E-state index in [2.05, 4.69) is 33.1 Å². The van der Waals surface area contributed by atoms with Gasteiger partial charge in [-0.3, -0.25) is 4.99 Å². The van der Waals surface area contributed by atoms with Crippen LogP contribution in [-0.4, -0.2) is 31.8 Å². The molecule has 2 N–H and O–H groups in total. The minimum Gasteiger partial charge on any atom is -0.377 e. The van der Waals surface area contributed by atoms with E-state index in [1.807, 2.05) is 7.05 Å². The molecule has 1 spiro atoms. The first-order valence-electron chi connectivity index (χ1n) is 8.45. The standard InChI is InChI=1S/C17H25N3OS/c1-18-16(19-11-12-5-4-10-22-12)20-14-13-6-9-21-15(13)17(14)7-2-3-8-17/h4-5,10,13-15H,2-3,6-9,11H2,1H3,(H2,18,19,20). The third-order valence-electron chi connectivity index (χ3n) is 5.81. The summed E-state index contributed by atoms with van der Waals surface area (Å²) in [6.45, 7) is 1.79. The zero-order valence-corrected chi connectivity index (χ0v) is 14.0. The lowest BCUT2D eigenvalue weighted by atomic mass is 9.54. The largest absolute Gasteiger partial charge is 0.377 e. The van der Waals surface area contributed by atoms with Crippen molar-refractivity contribution in [3.63, 3.8) is 0 Å². The fourth-order valence-corrected chi connectivity index (χ4v) is 5.47. The van der Waals surface area contributed by atoms with Gasteiger partial charge in [0.2, 0.25) is 0 Å². The van der Waals surface area contributed by atoms with E-state index < -0.39 is 0 Å². The lowest BCUT2D eigenvalue weighted by Crippen LogP contribution is -2.69. The second-order valence-corrected chi connectivity index (χ2v) is 7.84. The van der Waals surface area contributed by atoms with Crippen molar-refractivity contribution in [1.29, 1.82) is 0 Å². The van der Waals surface area contributed by atoms with Crippen LogP contribution in [0.15, 0.2) is 22.5 Å². The Morgan fingerprint density at radius 1 is 1.45 bits per heavy atom. The maximum absolute atomic E-state index is 6.06. The maximum atomic E-state index is 6.06. The number of rotatable bonds is 3. The topological polar surface area (TPSA) is 45.7 Å². The van der Waals surface area contributed by atoms with Crippen molar-refractivity contribution in [1.82, 2.24) is 10.6 Å². The third kappa shape index (κ3) is 2.26. The van der Waals surface area contributed by atoms with Crippen molar-refractivity contribution in [3.05, 3.63) is 22.4 Å². The Balaban J connectivity index is 1.42. The maximum Gasteiger partial charge on any atom is 0.191 e. The molecule has 0 amide bonds. The van der Waals surface area contributed by atoms with E-state index in [1.165, 1.54) is 37.0 Å².